The van der Waals surface area contributed by atoms with E-state index in [2.05, 4.69) is 0 Å². The van der Waals surface area contributed by atoms with Crippen LogP contribution in [0, 0.1) is 0 Å². The molecule has 3 rings (SSSR count). The third-order valence-electron chi connectivity index (χ3n) is 4.44. The predicted molar refractivity (Wildman–Crippen MR) is 96.9 cm³/mol. The summed E-state index contributed by atoms with van der Waals surface area (Å²) in [5.41, 5.74) is -0.204. The van der Waals surface area contributed by atoms with Crippen molar-refractivity contribution < 1.29 is 14.4 Å². The molecule has 1 aromatic carbocycles. The first-order valence-electron chi connectivity index (χ1n) is 7.84. The zero-order valence-electron chi connectivity index (χ0n) is 13.1. The Morgan fingerprint density at radius 2 is 1.20 bits per heavy atom. The van der Waals surface area contributed by atoms with Gasteiger partial charge in [0.05, 0.1) is 31.2 Å². The third kappa shape index (κ3) is 3.23. The minimum atomic E-state index is -0.686. The summed E-state index contributed by atoms with van der Waals surface area (Å²) in [7, 11) is 0. The molecule has 1 aromatic rings. The second-order valence-electron chi connectivity index (χ2n) is 6.00. The zero-order chi connectivity index (χ0) is 18.3. The average molecular weight is 424 g/mol. The molecule has 0 bridgehead atoms. The summed E-state index contributed by atoms with van der Waals surface area (Å²) in [6, 6.07) is 0. The van der Waals surface area contributed by atoms with Gasteiger partial charge in [-0.05, 0) is 12.8 Å². The molecular formula is C16H14Cl4N2O3. The number of nitrogens with zero attached hydrogens (tertiary/aromatic N) is 2. The summed E-state index contributed by atoms with van der Waals surface area (Å²) >= 11 is 24.1. The van der Waals surface area contributed by atoms with Crippen LogP contribution in [0.4, 0.5) is 0 Å². The van der Waals surface area contributed by atoms with E-state index in [0.717, 1.165) is 30.6 Å². The average Bonchev–Trinajstić information content (AvgIpc) is 2.80. The Morgan fingerprint density at radius 3 is 1.64 bits per heavy atom. The summed E-state index contributed by atoms with van der Waals surface area (Å²) in [4.78, 5) is 40.3. The van der Waals surface area contributed by atoms with E-state index in [4.69, 9.17) is 46.4 Å². The van der Waals surface area contributed by atoms with Gasteiger partial charge in [-0.2, -0.15) is 0 Å². The predicted octanol–water partition coefficient (Wildman–Crippen LogP) is 4.30. The summed E-state index contributed by atoms with van der Waals surface area (Å²) in [5, 5.41) is -0.439. The van der Waals surface area contributed by atoms with Gasteiger partial charge < -0.3 is 4.90 Å². The van der Waals surface area contributed by atoms with Crippen molar-refractivity contribution in [2.45, 2.75) is 25.7 Å². The van der Waals surface area contributed by atoms with E-state index in [1.54, 1.807) is 4.90 Å². The number of fused-ring (bicyclic) bond motifs is 1. The molecule has 1 fully saturated rings. The van der Waals surface area contributed by atoms with E-state index < -0.39 is 11.8 Å². The van der Waals surface area contributed by atoms with Crippen LogP contribution in [0.3, 0.4) is 0 Å². The van der Waals surface area contributed by atoms with Gasteiger partial charge in [-0.25, -0.2) is 0 Å². The molecule has 0 N–H and O–H groups in total. The molecular weight excluding hydrogens is 410 g/mol. The van der Waals surface area contributed by atoms with Crippen molar-refractivity contribution >= 4 is 64.1 Å². The molecule has 2 heterocycles. The minimum absolute atomic E-state index is 0.0890. The molecule has 0 aromatic heterocycles. The van der Waals surface area contributed by atoms with Gasteiger partial charge in [-0.3, -0.25) is 19.3 Å². The van der Waals surface area contributed by atoms with Gasteiger partial charge in [0.25, 0.3) is 11.8 Å². The van der Waals surface area contributed by atoms with Crippen LogP contribution in [-0.2, 0) is 4.79 Å². The monoisotopic (exact) mass is 422 g/mol. The smallest absolute Gasteiger partial charge is 0.263 e. The number of likely N-dealkylation sites (tertiary alicyclic amines) is 1. The Kier molecular flexibility index (Phi) is 5.49. The fourth-order valence-corrected chi connectivity index (χ4v) is 4.11. The molecule has 25 heavy (non-hydrogen) atoms. The maximum Gasteiger partial charge on any atom is 0.263 e. The Bertz CT molecular complexity index is 726. The molecule has 3 amide bonds. The van der Waals surface area contributed by atoms with Gasteiger partial charge in [-0.1, -0.05) is 59.2 Å². The fraction of sp³-hybridized carbons (Fsp3) is 0.438. The lowest BCUT2D eigenvalue weighted by molar-refractivity contribution is -0.131. The van der Waals surface area contributed by atoms with Gasteiger partial charge in [0.15, 0.2) is 0 Å². The fourth-order valence-electron chi connectivity index (χ4n) is 3.09. The van der Waals surface area contributed by atoms with E-state index in [0.29, 0.717) is 13.1 Å². The van der Waals surface area contributed by atoms with Gasteiger partial charge in [-0.15, -0.1) is 0 Å². The van der Waals surface area contributed by atoms with Crippen molar-refractivity contribution in [3.05, 3.63) is 31.2 Å². The lowest BCUT2D eigenvalue weighted by atomic mass is 10.1. The zero-order valence-corrected chi connectivity index (χ0v) is 16.1. The number of imide groups is 1. The molecule has 0 unspecified atom stereocenters. The van der Waals surface area contributed by atoms with Gasteiger partial charge in [0.1, 0.15) is 6.54 Å². The maximum absolute atomic E-state index is 12.6. The first kappa shape index (κ1) is 18.8. The summed E-state index contributed by atoms with van der Waals surface area (Å²) in [5.74, 6) is -1.65. The normalized spacial score (nSPS) is 17.8. The van der Waals surface area contributed by atoms with Gasteiger partial charge in [0.2, 0.25) is 5.91 Å². The summed E-state index contributed by atoms with van der Waals surface area (Å²) in [6.07, 6.45) is 3.96. The SMILES string of the molecule is O=C(CN1C(=O)c2c(Cl)c(Cl)c(Cl)c(Cl)c2C1=O)N1CCCCCC1. The number of carbonyl (C=O) groups is 3. The third-order valence-corrected chi connectivity index (χ3v) is 6.24. The Hall–Kier alpha value is -1.01. The highest BCUT2D eigenvalue weighted by Crippen LogP contribution is 2.44. The Labute approximate surface area is 164 Å². The van der Waals surface area contributed by atoms with E-state index in [1.165, 1.54) is 0 Å². The van der Waals surface area contributed by atoms with Crippen molar-refractivity contribution in [2.75, 3.05) is 19.6 Å². The Balaban J connectivity index is 1.89. The molecule has 0 aliphatic carbocycles. The topological polar surface area (TPSA) is 57.7 Å². The van der Waals surface area contributed by atoms with Crippen molar-refractivity contribution in [2.24, 2.45) is 0 Å². The molecule has 9 heteroatoms. The largest absolute Gasteiger partial charge is 0.341 e. The second kappa shape index (κ2) is 7.31. The van der Waals surface area contributed by atoms with Crippen LogP contribution in [0.15, 0.2) is 0 Å². The maximum atomic E-state index is 12.6. The first-order chi connectivity index (χ1) is 11.8. The van der Waals surface area contributed by atoms with Crippen LogP contribution in [0.2, 0.25) is 20.1 Å². The lowest BCUT2D eigenvalue weighted by Gasteiger charge is -2.23. The molecule has 2 aliphatic heterocycles. The summed E-state index contributed by atoms with van der Waals surface area (Å²) < 4.78 is 0. The number of halogens is 4. The van der Waals surface area contributed by atoms with Crippen LogP contribution in [-0.4, -0.2) is 47.2 Å². The van der Waals surface area contributed by atoms with Crippen LogP contribution >= 0.6 is 46.4 Å². The van der Waals surface area contributed by atoms with Crippen LogP contribution < -0.4 is 0 Å². The molecule has 134 valence electrons. The van der Waals surface area contributed by atoms with Crippen molar-refractivity contribution in [3.8, 4) is 0 Å². The van der Waals surface area contributed by atoms with E-state index in [-0.39, 0.29) is 43.7 Å². The first-order valence-corrected chi connectivity index (χ1v) is 9.35. The van der Waals surface area contributed by atoms with Crippen LogP contribution in [0.25, 0.3) is 0 Å². The number of carbonyl (C=O) groups excluding carboxylic acids is 3. The van der Waals surface area contributed by atoms with E-state index >= 15 is 0 Å². The van der Waals surface area contributed by atoms with Crippen molar-refractivity contribution in [1.29, 1.82) is 0 Å². The number of hydrogen-bond acceptors (Lipinski definition) is 3. The minimum Gasteiger partial charge on any atom is -0.341 e. The molecule has 5 nitrogen and oxygen atoms in total. The van der Waals surface area contributed by atoms with Gasteiger partial charge in [0, 0.05) is 13.1 Å². The molecule has 0 radical (unpaired) electrons. The summed E-state index contributed by atoms with van der Waals surface area (Å²) in [6.45, 7) is 0.899. The highest BCUT2D eigenvalue weighted by Gasteiger charge is 2.42. The highest BCUT2D eigenvalue weighted by atomic mass is 35.5. The quantitative estimate of drug-likeness (QED) is 0.404. The molecule has 1 saturated heterocycles. The lowest BCUT2D eigenvalue weighted by Crippen LogP contribution is -2.43. The van der Waals surface area contributed by atoms with Gasteiger partial charge >= 0.3 is 0 Å². The van der Waals surface area contributed by atoms with Crippen LogP contribution in [0.1, 0.15) is 46.4 Å². The number of rotatable bonds is 2. The molecule has 0 atom stereocenters. The second-order valence-corrected chi connectivity index (χ2v) is 7.51. The van der Waals surface area contributed by atoms with Crippen molar-refractivity contribution in [3.63, 3.8) is 0 Å². The number of amides is 3. The standard InChI is InChI=1S/C16H14Cl4N2O3/c17-11-9-10(12(18)14(20)13(11)19)16(25)22(15(9)24)7-8(23)21-5-3-1-2-4-6-21/h1-7H2. The van der Waals surface area contributed by atoms with Crippen LogP contribution in [0.5, 0.6) is 0 Å². The highest BCUT2D eigenvalue weighted by molar-refractivity contribution is 6.55. The van der Waals surface area contributed by atoms with E-state index in [1.807, 2.05) is 0 Å². The number of hydrogen-bond donors (Lipinski definition) is 0. The molecule has 0 saturated carbocycles. The Morgan fingerprint density at radius 1 is 0.760 bits per heavy atom. The van der Waals surface area contributed by atoms with Crippen molar-refractivity contribution in [1.82, 2.24) is 9.80 Å². The number of benzene rings is 1. The van der Waals surface area contributed by atoms with E-state index in [9.17, 15) is 14.4 Å². The molecule has 2 aliphatic rings. The molecule has 0 spiro atoms.